The van der Waals surface area contributed by atoms with Crippen molar-refractivity contribution < 1.29 is 9.21 Å². The van der Waals surface area contributed by atoms with Crippen LogP contribution in [0.1, 0.15) is 17.9 Å². The fourth-order valence-electron chi connectivity index (χ4n) is 1.92. The second kappa shape index (κ2) is 8.57. The zero-order chi connectivity index (χ0) is 16.5. The van der Waals surface area contributed by atoms with Gasteiger partial charge in [0.1, 0.15) is 11.6 Å². The lowest BCUT2D eigenvalue weighted by molar-refractivity contribution is -0.116. The van der Waals surface area contributed by atoms with Crippen LogP contribution in [0.25, 0.3) is 0 Å². The van der Waals surface area contributed by atoms with Crippen LogP contribution >= 0.6 is 0 Å². The largest absolute Gasteiger partial charge is 0.467 e. The minimum absolute atomic E-state index is 0.0999. The molecule has 2 rings (SSSR count). The van der Waals surface area contributed by atoms with Crippen LogP contribution in [-0.4, -0.2) is 30.4 Å². The Bertz CT molecular complexity index is 652. The number of aryl methyl sites for hydroxylation is 1. The first kappa shape index (κ1) is 16.5. The summed E-state index contributed by atoms with van der Waals surface area (Å²) in [7, 11) is 1.67. The van der Waals surface area contributed by atoms with Gasteiger partial charge in [0.2, 0.25) is 5.91 Å². The number of carbonyl (C=O) groups is 1. The molecule has 0 aliphatic carbocycles. The number of rotatable bonds is 6. The van der Waals surface area contributed by atoms with E-state index in [2.05, 4.69) is 25.9 Å². The number of nitrogens with one attached hydrogen (secondary N) is 3. The number of hydrogen-bond acceptors (Lipinski definition) is 4. The first-order valence-corrected chi connectivity index (χ1v) is 7.38. The monoisotopic (exact) mass is 315 g/mol. The van der Waals surface area contributed by atoms with Crippen LogP contribution < -0.4 is 16.0 Å². The van der Waals surface area contributed by atoms with E-state index in [0.717, 1.165) is 11.5 Å². The summed E-state index contributed by atoms with van der Waals surface area (Å²) in [5.74, 6) is 1.89. The SMILES string of the molecule is CN=C(NCCC(=O)Nc1cccc(C)n1)NCc1ccco1. The van der Waals surface area contributed by atoms with E-state index >= 15 is 0 Å². The van der Waals surface area contributed by atoms with Crippen molar-refractivity contribution in [2.75, 3.05) is 18.9 Å². The topological polar surface area (TPSA) is 91.5 Å². The van der Waals surface area contributed by atoms with Gasteiger partial charge in [0.15, 0.2) is 5.96 Å². The summed E-state index contributed by atoms with van der Waals surface area (Å²) in [6.07, 6.45) is 1.94. The molecule has 122 valence electrons. The first-order chi connectivity index (χ1) is 11.2. The van der Waals surface area contributed by atoms with Gasteiger partial charge in [-0.2, -0.15) is 0 Å². The van der Waals surface area contributed by atoms with Crippen LogP contribution in [0.4, 0.5) is 5.82 Å². The van der Waals surface area contributed by atoms with Gasteiger partial charge in [-0.1, -0.05) is 6.07 Å². The second-order valence-electron chi connectivity index (χ2n) is 4.89. The molecule has 7 nitrogen and oxygen atoms in total. The Labute approximate surface area is 135 Å². The minimum Gasteiger partial charge on any atom is -0.467 e. The number of hydrogen-bond donors (Lipinski definition) is 3. The lowest BCUT2D eigenvalue weighted by Crippen LogP contribution is -2.38. The predicted octanol–water partition coefficient (Wildman–Crippen LogP) is 1.68. The maximum absolute atomic E-state index is 11.9. The van der Waals surface area contributed by atoms with E-state index in [0.29, 0.717) is 31.3 Å². The Morgan fingerprint density at radius 3 is 2.83 bits per heavy atom. The Morgan fingerprint density at radius 2 is 2.13 bits per heavy atom. The van der Waals surface area contributed by atoms with E-state index < -0.39 is 0 Å². The summed E-state index contributed by atoms with van der Waals surface area (Å²) in [4.78, 5) is 20.2. The van der Waals surface area contributed by atoms with Crippen molar-refractivity contribution in [3.8, 4) is 0 Å². The summed E-state index contributed by atoms with van der Waals surface area (Å²) in [5.41, 5.74) is 0.864. The molecule has 7 heteroatoms. The van der Waals surface area contributed by atoms with Crippen LogP contribution in [0, 0.1) is 6.92 Å². The highest BCUT2D eigenvalue weighted by molar-refractivity contribution is 5.90. The van der Waals surface area contributed by atoms with Gasteiger partial charge >= 0.3 is 0 Å². The molecule has 0 aliphatic heterocycles. The molecule has 0 fully saturated rings. The molecule has 0 saturated heterocycles. The molecular formula is C16H21N5O2. The Balaban J connectivity index is 1.69. The molecule has 3 N–H and O–H groups in total. The highest BCUT2D eigenvalue weighted by Gasteiger charge is 2.05. The summed E-state index contributed by atoms with van der Waals surface area (Å²) >= 11 is 0. The molecule has 0 saturated carbocycles. The molecule has 1 amide bonds. The van der Waals surface area contributed by atoms with E-state index in [9.17, 15) is 4.79 Å². The van der Waals surface area contributed by atoms with Crippen molar-refractivity contribution in [1.82, 2.24) is 15.6 Å². The fourth-order valence-corrected chi connectivity index (χ4v) is 1.92. The summed E-state index contributed by atoms with van der Waals surface area (Å²) in [6.45, 7) is 2.88. The van der Waals surface area contributed by atoms with Crippen molar-refractivity contribution in [2.24, 2.45) is 4.99 Å². The van der Waals surface area contributed by atoms with E-state index in [1.165, 1.54) is 0 Å². The van der Waals surface area contributed by atoms with Gasteiger partial charge in [-0.05, 0) is 31.2 Å². The van der Waals surface area contributed by atoms with E-state index in [4.69, 9.17) is 4.42 Å². The molecule has 0 spiro atoms. The van der Waals surface area contributed by atoms with Gasteiger partial charge in [0.25, 0.3) is 0 Å². The molecular weight excluding hydrogens is 294 g/mol. The van der Waals surface area contributed by atoms with Crippen LogP contribution in [0.5, 0.6) is 0 Å². The standard InChI is InChI=1S/C16H21N5O2/c1-12-5-3-7-14(20-12)21-15(22)8-9-18-16(17-2)19-11-13-6-4-10-23-13/h3-7,10H,8-9,11H2,1-2H3,(H2,17,18,19)(H,20,21,22). The fraction of sp³-hybridized carbons (Fsp3) is 0.312. The van der Waals surface area contributed by atoms with Crippen molar-refractivity contribution in [2.45, 2.75) is 19.9 Å². The number of furan rings is 1. The van der Waals surface area contributed by atoms with Crippen molar-refractivity contribution in [3.05, 3.63) is 48.0 Å². The zero-order valence-electron chi connectivity index (χ0n) is 13.3. The number of guanidine groups is 1. The average Bonchev–Trinajstić information content (AvgIpc) is 3.04. The maximum Gasteiger partial charge on any atom is 0.227 e. The summed E-state index contributed by atoms with van der Waals surface area (Å²) in [5, 5.41) is 8.94. The van der Waals surface area contributed by atoms with E-state index in [-0.39, 0.29) is 5.91 Å². The third kappa shape index (κ3) is 5.82. The number of nitrogens with zero attached hydrogens (tertiary/aromatic N) is 2. The number of carbonyl (C=O) groups excluding carboxylic acids is 1. The number of aromatic nitrogens is 1. The summed E-state index contributed by atoms with van der Waals surface area (Å²) < 4.78 is 5.23. The normalized spacial score (nSPS) is 11.1. The van der Waals surface area contributed by atoms with Crippen LogP contribution in [0.3, 0.4) is 0 Å². The van der Waals surface area contributed by atoms with Crippen LogP contribution in [-0.2, 0) is 11.3 Å². The third-order valence-corrected chi connectivity index (χ3v) is 3.03. The molecule has 0 radical (unpaired) electrons. The Morgan fingerprint density at radius 1 is 1.26 bits per heavy atom. The number of pyridine rings is 1. The minimum atomic E-state index is -0.0999. The second-order valence-corrected chi connectivity index (χ2v) is 4.89. The quantitative estimate of drug-likeness (QED) is 0.557. The number of amides is 1. The molecule has 2 aromatic rings. The highest BCUT2D eigenvalue weighted by Crippen LogP contribution is 2.04. The molecule has 0 unspecified atom stereocenters. The summed E-state index contributed by atoms with van der Waals surface area (Å²) in [6, 6.07) is 9.21. The molecule has 0 aliphatic rings. The van der Waals surface area contributed by atoms with E-state index in [1.807, 2.05) is 31.2 Å². The molecule has 23 heavy (non-hydrogen) atoms. The predicted molar refractivity (Wildman–Crippen MR) is 89.1 cm³/mol. The maximum atomic E-state index is 11.9. The van der Waals surface area contributed by atoms with Gasteiger partial charge in [0.05, 0.1) is 12.8 Å². The Kier molecular flexibility index (Phi) is 6.17. The number of anilines is 1. The molecule has 0 aromatic carbocycles. The zero-order valence-corrected chi connectivity index (χ0v) is 13.3. The van der Waals surface area contributed by atoms with Gasteiger partial charge in [-0.15, -0.1) is 0 Å². The Hall–Kier alpha value is -2.83. The van der Waals surface area contributed by atoms with Crippen molar-refractivity contribution in [1.29, 1.82) is 0 Å². The van der Waals surface area contributed by atoms with Crippen LogP contribution in [0.15, 0.2) is 46.0 Å². The first-order valence-electron chi connectivity index (χ1n) is 7.38. The lowest BCUT2D eigenvalue weighted by Gasteiger charge is -2.11. The third-order valence-electron chi connectivity index (χ3n) is 3.03. The van der Waals surface area contributed by atoms with Gasteiger partial charge in [0, 0.05) is 25.7 Å². The highest BCUT2D eigenvalue weighted by atomic mass is 16.3. The molecule has 2 aromatic heterocycles. The van der Waals surface area contributed by atoms with Gasteiger partial charge in [-0.25, -0.2) is 4.98 Å². The van der Waals surface area contributed by atoms with Gasteiger partial charge < -0.3 is 20.4 Å². The van der Waals surface area contributed by atoms with Crippen molar-refractivity contribution >= 4 is 17.7 Å². The average molecular weight is 315 g/mol. The van der Waals surface area contributed by atoms with Gasteiger partial charge in [-0.3, -0.25) is 9.79 Å². The lowest BCUT2D eigenvalue weighted by atomic mass is 10.3. The smallest absolute Gasteiger partial charge is 0.227 e. The molecule has 0 atom stereocenters. The number of aliphatic imine (C=N–C) groups is 1. The molecule has 0 bridgehead atoms. The van der Waals surface area contributed by atoms with Crippen LogP contribution in [0.2, 0.25) is 0 Å². The van der Waals surface area contributed by atoms with Crippen molar-refractivity contribution in [3.63, 3.8) is 0 Å². The van der Waals surface area contributed by atoms with E-state index in [1.54, 1.807) is 19.4 Å². The molecule has 2 heterocycles.